The Labute approximate surface area is 84.5 Å². The molecule has 0 bridgehead atoms. The molecule has 2 N–H and O–H groups in total. The second-order valence-corrected chi connectivity index (χ2v) is 4.53. The van der Waals surface area contributed by atoms with E-state index in [1.165, 1.54) is 12.8 Å². The Morgan fingerprint density at radius 3 is 3.00 bits per heavy atom. The van der Waals surface area contributed by atoms with Crippen molar-refractivity contribution in [3.05, 3.63) is 11.9 Å². The molecule has 2 unspecified atom stereocenters. The summed E-state index contributed by atoms with van der Waals surface area (Å²) in [6.07, 6.45) is 6.29. The largest absolute Gasteiger partial charge is 0.325 e. The highest BCUT2D eigenvalue weighted by atomic mass is 15.4. The van der Waals surface area contributed by atoms with E-state index in [2.05, 4.69) is 17.1 Å². The second-order valence-electron chi connectivity index (χ2n) is 4.53. The summed E-state index contributed by atoms with van der Waals surface area (Å²) in [4.78, 5) is 1.60. The molecule has 1 aromatic heterocycles. The maximum Gasteiger partial charge on any atom is 0.0845 e. The van der Waals surface area contributed by atoms with Crippen LogP contribution < -0.4 is 5.73 Å². The first-order valence-electron chi connectivity index (χ1n) is 5.24. The lowest BCUT2D eigenvalue weighted by Crippen LogP contribution is -2.44. The minimum atomic E-state index is -0.0456. The Bertz CT molecular complexity index is 320. The summed E-state index contributed by atoms with van der Waals surface area (Å²) in [6.45, 7) is 2.24. The first kappa shape index (κ1) is 9.65. The van der Waals surface area contributed by atoms with Gasteiger partial charge >= 0.3 is 0 Å². The van der Waals surface area contributed by atoms with Gasteiger partial charge in [-0.3, -0.25) is 0 Å². The van der Waals surface area contributed by atoms with Crippen molar-refractivity contribution in [2.45, 2.75) is 38.1 Å². The Morgan fingerprint density at radius 1 is 1.71 bits per heavy atom. The number of aryl methyl sites for hydroxylation is 1. The van der Waals surface area contributed by atoms with Crippen molar-refractivity contribution in [3.8, 4) is 0 Å². The van der Waals surface area contributed by atoms with E-state index in [0.717, 1.165) is 18.5 Å². The highest BCUT2D eigenvalue weighted by Gasteiger charge is 2.36. The number of nitrogens with zero attached hydrogens (tertiary/aromatic N) is 3. The summed E-state index contributed by atoms with van der Waals surface area (Å²) in [5.41, 5.74) is 7.34. The molecule has 0 saturated heterocycles. The van der Waals surface area contributed by atoms with Gasteiger partial charge in [-0.2, -0.15) is 15.0 Å². The van der Waals surface area contributed by atoms with Gasteiger partial charge in [0.2, 0.25) is 0 Å². The molecule has 0 radical (unpaired) electrons. The molecule has 0 spiro atoms. The fourth-order valence-electron chi connectivity index (χ4n) is 2.34. The Balaban J connectivity index is 2.10. The van der Waals surface area contributed by atoms with Gasteiger partial charge < -0.3 is 5.73 Å². The zero-order valence-corrected chi connectivity index (χ0v) is 8.90. The maximum atomic E-state index is 6.37. The quantitative estimate of drug-likeness (QED) is 0.760. The summed E-state index contributed by atoms with van der Waals surface area (Å²) in [5, 5.41) is 8.34. The van der Waals surface area contributed by atoms with Crippen LogP contribution in [0.15, 0.2) is 6.20 Å². The Hall–Kier alpha value is -0.900. The van der Waals surface area contributed by atoms with Gasteiger partial charge in [0.1, 0.15) is 0 Å². The smallest absolute Gasteiger partial charge is 0.0845 e. The van der Waals surface area contributed by atoms with Crippen LogP contribution in [0.25, 0.3) is 0 Å². The summed E-state index contributed by atoms with van der Waals surface area (Å²) >= 11 is 0. The maximum absolute atomic E-state index is 6.37. The molecule has 2 rings (SSSR count). The highest BCUT2D eigenvalue weighted by Crippen LogP contribution is 2.35. The van der Waals surface area contributed by atoms with Gasteiger partial charge in [-0.15, -0.1) is 0 Å². The van der Waals surface area contributed by atoms with Crippen molar-refractivity contribution in [1.82, 2.24) is 15.0 Å². The third-order valence-electron chi connectivity index (χ3n) is 3.42. The van der Waals surface area contributed by atoms with E-state index < -0.39 is 0 Å². The second kappa shape index (κ2) is 3.35. The molecule has 1 fully saturated rings. The molecule has 0 amide bonds. The lowest BCUT2D eigenvalue weighted by Gasteiger charge is -2.28. The van der Waals surface area contributed by atoms with Crippen LogP contribution in [0.2, 0.25) is 0 Å². The SMILES string of the molecule is CC1CCCC1(N)Cc1cnn(C)n1. The molecule has 1 aliphatic carbocycles. The van der Waals surface area contributed by atoms with E-state index in [1.54, 1.807) is 4.80 Å². The monoisotopic (exact) mass is 194 g/mol. The summed E-state index contributed by atoms with van der Waals surface area (Å²) in [6, 6.07) is 0. The lowest BCUT2D eigenvalue weighted by atomic mass is 9.85. The van der Waals surface area contributed by atoms with Crippen LogP contribution in [-0.4, -0.2) is 20.5 Å². The molecule has 4 nitrogen and oxygen atoms in total. The minimum absolute atomic E-state index is 0.0456. The van der Waals surface area contributed by atoms with Crippen molar-refractivity contribution in [3.63, 3.8) is 0 Å². The highest BCUT2D eigenvalue weighted by molar-refractivity contribution is 5.05. The molecule has 1 aliphatic rings. The number of hydrogen-bond acceptors (Lipinski definition) is 3. The third-order valence-corrected chi connectivity index (χ3v) is 3.42. The zero-order chi connectivity index (χ0) is 10.2. The van der Waals surface area contributed by atoms with E-state index in [4.69, 9.17) is 5.73 Å². The van der Waals surface area contributed by atoms with Crippen LogP contribution in [0.4, 0.5) is 0 Å². The number of rotatable bonds is 2. The van der Waals surface area contributed by atoms with Crippen molar-refractivity contribution < 1.29 is 0 Å². The molecule has 1 heterocycles. The van der Waals surface area contributed by atoms with Gasteiger partial charge in [0.25, 0.3) is 0 Å². The normalized spacial score (nSPS) is 32.4. The van der Waals surface area contributed by atoms with Crippen molar-refractivity contribution in [2.75, 3.05) is 0 Å². The zero-order valence-electron chi connectivity index (χ0n) is 8.90. The predicted molar refractivity (Wildman–Crippen MR) is 54.6 cm³/mol. The van der Waals surface area contributed by atoms with Crippen LogP contribution in [0, 0.1) is 5.92 Å². The number of hydrogen-bond donors (Lipinski definition) is 1. The van der Waals surface area contributed by atoms with E-state index in [9.17, 15) is 0 Å². The molecular formula is C10H18N4. The van der Waals surface area contributed by atoms with Gasteiger partial charge in [-0.1, -0.05) is 13.3 Å². The van der Waals surface area contributed by atoms with Gasteiger partial charge in [0.15, 0.2) is 0 Å². The van der Waals surface area contributed by atoms with Crippen LogP contribution in [0.3, 0.4) is 0 Å². The molecule has 0 aliphatic heterocycles. The van der Waals surface area contributed by atoms with Gasteiger partial charge in [0, 0.05) is 19.0 Å². The van der Waals surface area contributed by atoms with Crippen LogP contribution in [0.1, 0.15) is 31.9 Å². The van der Waals surface area contributed by atoms with Crippen LogP contribution >= 0.6 is 0 Å². The predicted octanol–water partition coefficient (Wildman–Crippen LogP) is 0.875. The molecule has 0 aromatic carbocycles. The van der Waals surface area contributed by atoms with Gasteiger partial charge in [-0.05, 0) is 18.8 Å². The molecule has 14 heavy (non-hydrogen) atoms. The molecule has 2 atom stereocenters. The molecule has 78 valence electrons. The lowest BCUT2D eigenvalue weighted by molar-refractivity contribution is 0.332. The fourth-order valence-corrected chi connectivity index (χ4v) is 2.34. The van der Waals surface area contributed by atoms with Crippen LogP contribution in [0.5, 0.6) is 0 Å². The van der Waals surface area contributed by atoms with E-state index in [1.807, 2.05) is 13.2 Å². The van der Waals surface area contributed by atoms with Crippen molar-refractivity contribution >= 4 is 0 Å². The topological polar surface area (TPSA) is 56.7 Å². The first-order chi connectivity index (χ1) is 6.60. The van der Waals surface area contributed by atoms with Crippen LogP contribution in [-0.2, 0) is 13.5 Å². The minimum Gasteiger partial charge on any atom is -0.325 e. The number of nitrogens with two attached hydrogens (primary N) is 1. The average molecular weight is 194 g/mol. The Morgan fingerprint density at radius 2 is 2.50 bits per heavy atom. The van der Waals surface area contributed by atoms with Gasteiger partial charge in [0.05, 0.1) is 11.9 Å². The van der Waals surface area contributed by atoms with E-state index in [-0.39, 0.29) is 5.54 Å². The van der Waals surface area contributed by atoms with E-state index in [0.29, 0.717) is 5.92 Å². The van der Waals surface area contributed by atoms with Gasteiger partial charge in [-0.25, -0.2) is 0 Å². The van der Waals surface area contributed by atoms with Crippen molar-refractivity contribution in [1.29, 1.82) is 0 Å². The average Bonchev–Trinajstić information content (AvgIpc) is 2.62. The molecule has 4 heteroatoms. The number of aromatic nitrogens is 3. The van der Waals surface area contributed by atoms with E-state index >= 15 is 0 Å². The standard InChI is InChI=1S/C10H18N4/c1-8-4-3-5-10(8,11)6-9-7-12-14(2)13-9/h7-8H,3-6,11H2,1-2H3. The first-order valence-corrected chi connectivity index (χ1v) is 5.24. The third kappa shape index (κ3) is 1.66. The molecular weight excluding hydrogens is 176 g/mol. The summed E-state index contributed by atoms with van der Waals surface area (Å²) in [5.74, 6) is 0.601. The molecule has 1 saturated carbocycles. The Kier molecular flexibility index (Phi) is 2.31. The van der Waals surface area contributed by atoms with Crippen molar-refractivity contribution in [2.24, 2.45) is 18.7 Å². The fraction of sp³-hybridized carbons (Fsp3) is 0.800. The summed E-state index contributed by atoms with van der Waals surface area (Å²) in [7, 11) is 1.84. The molecule has 1 aromatic rings. The summed E-state index contributed by atoms with van der Waals surface area (Å²) < 4.78 is 0.